The number of carbonyl (C=O) groups is 1. The van der Waals surface area contributed by atoms with Gasteiger partial charge in [-0.25, -0.2) is 9.78 Å². The molecule has 126 valence electrons. The zero-order chi connectivity index (χ0) is 16.2. The van der Waals surface area contributed by atoms with Crippen molar-refractivity contribution in [3.63, 3.8) is 0 Å². The topological polar surface area (TPSA) is 81.2 Å². The number of fused-ring (bicyclic) bond motifs is 4. The van der Waals surface area contributed by atoms with E-state index >= 15 is 0 Å². The van der Waals surface area contributed by atoms with Crippen LogP contribution in [0.3, 0.4) is 0 Å². The van der Waals surface area contributed by atoms with Gasteiger partial charge in [0.15, 0.2) is 5.82 Å². The van der Waals surface area contributed by atoms with Gasteiger partial charge in [-0.3, -0.25) is 4.90 Å². The number of imidazole rings is 1. The van der Waals surface area contributed by atoms with Crippen LogP contribution in [-0.2, 0) is 5.41 Å². The highest BCUT2D eigenvalue weighted by Gasteiger charge is 2.50. The molecule has 2 amide bonds. The predicted octanol–water partition coefficient (Wildman–Crippen LogP) is 2.61. The number of nitrogens with one attached hydrogen (secondary N) is 2. The minimum absolute atomic E-state index is 0.0241. The fourth-order valence-electron chi connectivity index (χ4n) is 4.34. The molecule has 6 nitrogen and oxygen atoms in total. The molecule has 0 saturated heterocycles. The Hall–Kier alpha value is -1.21. The summed E-state index contributed by atoms with van der Waals surface area (Å²) in [6.07, 6.45) is 6.30. The molecule has 3 fully saturated rings. The third-order valence-corrected chi connectivity index (χ3v) is 6.29. The Morgan fingerprint density at radius 3 is 2.57 bits per heavy atom. The van der Waals surface area contributed by atoms with Gasteiger partial charge in [0.2, 0.25) is 0 Å². The van der Waals surface area contributed by atoms with Crippen LogP contribution in [0.4, 0.5) is 10.6 Å². The van der Waals surface area contributed by atoms with E-state index in [0.717, 1.165) is 62.3 Å². The summed E-state index contributed by atoms with van der Waals surface area (Å²) in [6.45, 7) is 2.70. The number of aliphatic hydroxyl groups is 1. The number of hydrogen-bond acceptors (Lipinski definition) is 4. The molecule has 1 unspecified atom stereocenters. The maximum absolute atomic E-state index is 12.2. The largest absolute Gasteiger partial charge is 0.390 e. The minimum Gasteiger partial charge on any atom is -0.390 e. The number of H-pyrrole nitrogens is 1. The van der Waals surface area contributed by atoms with Gasteiger partial charge in [-0.2, -0.15) is 0 Å². The fraction of sp³-hybridized carbons (Fsp3) is 0.750. The number of urea groups is 1. The smallest absolute Gasteiger partial charge is 0.324 e. The molecule has 1 atom stereocenters. The molecular formula is C16H24N4O2S. The van der Waals surface area contributed by atoms with Gasteiger partial charge in [-0.05, 0) is 44.9 Å². The molecule has 0 aromatic carbocycles. The lowest BCUT2D eigenvalue weighted by molar-refractivity contribution is -0.0678. The third kappa shape index (κ3) is 2.28. The van der Waals surface area contributed by atoms with Gasteiger partial charge < -0.3 is 15.4 Å². The highest BCUT2D eigenvalue weighted by Crippen LogP contribution is 2.53. The standard InChI is InChI=1S/C16H24N4O2S/c1-2-9-20-11-10(12(23)19-14(20)21)17-13(18-11)15-3-6-16(22,7-4-15)8-5-15/h12,22-23H,2-9H2,1H3,(H,17,18)(H,19,21). The van der Waals surface area contributed by atoms with E-state index in [1.165, 1.54) is 0 Å². The Labute approximate surface area is 141 Å². The van der Waals surface area contributed by atoms with Crippen molar-refractivity contribution in [1.82, 2.24) is 15.3 Å². The molecule has 4 aliphatic rings. The molecule has 3 N–H and O–H groups in total. The van der Waals surface area contributed by atoms with E-state index < -0.39 is 5.60 Å². The summed E-state index contributed by atoms with van der Waals surface area (Å²) in [7, 11) is 0. The molecule has 3 saturated carbocycles. The monoisotopic (exact) mass is 336 g/mol. The highest BCUT2D eigenvalue weighted by atomic mass is 32.1. The summed E-state index contributed by atoms with van der Waals surface area (Å²) in [5, 5.41) is 13.0. The van der Waals surface area contributed by atoms with Gasteiger partial charge in [-0.15, -0.1) is 12.6 Å². The average molecular weight is 336 g/mol. The summed E-state index contributed by atoms with van der Waals surface area (Å²) in [4.78, 5) is 22.2. The van der Waals surface area contributed by atoms with E-state index in [-0.39, 0.29) is 16.8 Å². The maximum Gasteiger partial charge on any atom is 0.324 e. The van der Waals surface area contributed by atoms with Crippen molar-refractivity contribution in [2.75, 3.05) is 11.4 Å². The minimum atomic E-state index is -0.453. The van der Waals surface area contributed by atoms with E-state index in [0.29, 0.717) is 6.54 Å². The van der Waals surface area contributed by atoms with Crippen molar-refractivity contribution in [1.29, 1.82) is 0 Å². The van der Waals surface area contributed by atoms with Crippen LogP contribution in [-0.4, -0.2) is 33.3 Å². The number of carbonyl (C=O) groups excluding carboxylic acids is 1. The quantitative estimate of drug-likeness (QED) is 0.641. The summed E-state index contributed by atoms with van der Waals surface area (Å²) < 4.78 is 0. The number of aromatic nitrogens is 2. The van der Waals surface area contributed by atoms with Crippen molar-refractivity contribution >= 4 is 24.5 Å². The summed E-state index contributed by atoms with van der Waals surface area (Å²) in [5.74, 6) is 1.70. The molecule has 7 heteroatoms. The molecular weight excluding hydrogens is 312 g/mol. The molecule has 5 rings (SSSR count). The lowest BCUT2D eigenvalue weighted by Crippen LogP contribution is -2.48. The Bertz CT molecular complexity index is 619. The van der Waals surface area contributed by atoms with Crippen molar-refractivity contribution in [3.05, 3.63) is 11.5 Å². The number of aromatic amines is 1. The molecule has 1 aromatic rings. The Morgan fingerprint density at radius 2 is 1.96 bits per heavy atom. The molecule has 1 aliphatic heterocycles. The van der Waals surface area contributed by atoms with Crippen LogP contribution < -0.4 is 10.2 Å². The Balaban J connectivity index is 1.71. The molecule has 3 aliphatic carbocycles. The van der Waals surface area contributed by atoms with Crippen LogP contribution in [0.25, 0.3) is 0 Å². The van der Waals surface area contributed by atoms with Gasteiger partial charge >= 0.3 is 6.03 Å². The first-order chi connectivity index (χ1) is 11.0. The van der Waals surface area contributed by atoms with Gasteiger partial charge in [0.25, 0.3) is 0 Å². The molecule has 23 heavy (non-hydrogen) atoms. The van der Waals surface area contributed by atoms with E-state index in [1.54, 1.807) is 4.90 Å². The molecule has 0 radical (unpaired) electrons. The van der Waals surface area contributed by atoms with Crippen LogP contribution in [0.5, 0.6) is 0 Å². The summed E-state index contributed by atoms with van der Waals surface area (Å²) in [5.41, 5.74) is 0.458. The van der Waals surface area contributed by atoms with E-state index in [1.807, 2.05) is 0 Å². The Kier molecular flexibility index (Phi) is 3.43. The second kappa shape index (κ2) is 5.14. The Morgan fingerprint density at radius 1 is 1.30 bits per heavy atom. The maximum atomic E-state index is 12.2. The molecule has 1 aromatic heterocycles. The number of hydrogen-bond donors (Lipinski definition) is 4. The first-order valence-electron chi connectivity index (χ1n) is 8.55. The van der Waals surface area contributed by atoms with E-state index in [4.69, 9.17) is 4.98 Å². The fourth-order valence-corrected chi connectivity index (χ4v) is 4.63. The van der Waals surface area contributed by atoms with E-state index in [9.17, 15) is 9.90 Å². The zero-order valence-corrected chi connectivity index (χ0v) is 14.3. The summed E-state index contributed by atoms with van der Waals surface area (Å²) in [6, 6.07) is -0.128. The second-order valence-corrected chi connectivity index (χ2v) is 7.85. The van der Waals surface area contributed by atoms with Crippen LogP contribution >= 0.6 is 12.6 Å². The van der Waals surface area contributed by atoms with Crippen molar-refractivity contribution in [3.8, 4) is 0 Å². The second-order valence-electron chi connectivity index (χ2n) is 7.33. The lowest BCUT2D eigenvalue weighted by Gasteiger charge is -2.49. The molecule has 2 bridgehead atoms. The number of thiol groups is 1. The highest BCUT2D eigenvalue weighted by molar-refractivity contribution is 7.80. The number of rotatable bonds is 3. The SMILES string of the molecule is CCCN1C(=O)NC(S)c2[nH]c(C34CCC(O)(CC3)CC4)nc21. The first-order valence-corrected chi connectivity index (χ1v) is 9.07. The number of amides is 2. The van der Waals surface area contributed by atoms with Crippen LogP contribution in [0.2, 0.25) is 0 Å². The number of anilines is 1. The third-order valence-electron chi connectivity index (χ3n) is 5.90. The van der Waals surface area contributed by atoms with Crippen LogP contribution in [0.15, 0.2) is 0 Å². The lowest BCUT2D eigenvalue weighted by atomic mass is 9.58. The zero-order valence-electron chi connectivity index (χ0n) is 13.4. The number of nitrogens with zero attached hydrogens (tertiary/aromatic N) is 2. The van der Waals surface area contributed by atoms with Gasteiger partial charge in [0.05, 0.1) is 11.3 Å². The molecule has 0 spiro atoms. The van der Waals surface area contributed by atoms with Gasteiger partial charge in [0, 0.05) is 12.0 Å². The van der Waals surface area contributed by atoms with Crippen LogP contribution in [0.1, 0.15) is 68.8 Å². The summed E-state index contributed by atoms with van der Waals surface area (Å²) >= 11 is 4.50. The predicted molar refractivity (Wildman–Crippen MR) is 90.8 cm³/mol. The van der Waals surface area contributed by atoms with Gasteiger partial charge in [0.1, 0.15) is 11.2 Å². The van der Waals surface area contributed by atoms with E-state index in [2.05, 4.69) is 29.9 Å². The van der Waals surface area contributed by atoms with Crippen molar-refractivity contribution < 1.29 is 9.90 Å². The normalized spacial score (nSPS) is 36.0. The average Bonchev–Trinajstić information content (AvgIpc) is 2.99. The van der Waals surface area contributed by atoms with Crippen LogP contribution in [0, 0.1) is 0 Å². The van der Waals surface area contributed by atoms with Crippen molar-refractivity contribution in [2.24, 2.45) is 0 Å². The van der Waals surface area contributed by atoms with Gasteiger partial charge in [-0.1, -0.05) is 6.92 Å². The molecule has 2 heterocycles. The van der Waals surface area contributed by atoms with Crippen molar-refractivity contribution in [2.45, 2.75) is 68.3 Å². The first kappa shape index (κ1) is 15.3.